The van der Waals surface area contributed by atoms with Crippen LogP contribution in [0.4, 0.5) is 0 Å². The van der Waals surface area contributed by atoms with Gasteiger partial charge in [0, 0.05) is 30.1 Å². The van der Waals surface area contributed by atoms with E-state index in [2.05, 4.69) is 29.3 Å². The van der Waals surface area contributed by atoms with Crippen LogP contribution in [-0.2, 0) is 0 Å². The molecule has 3 heteroatoms. The quantitative estimate of drug-likeness (QED) is 0.754. The Balaban J connectivity index is 1.83. The average Bonchev–Trinajstić information content (AvgIpc) is 2.58. The highest BCUT2D eigenvalue weighted by molar-refractivity contribution is 7.99. The molecular weight excluding hydrogens is 204 g/mol. The first-order valence-electron chi connectivity index (χ1n) is 6.42. The van der Waals surface area contributed by atoms with Crippen molar-refractivity contribution in [2.75, 3.05) is 24.6 Å². The van der Waals surface area contributed by atoms with E-state index in [1.807, 2.05) is 0 Å². The van der Waals surface area contributed by atoms with Crippen LogP contribution in [0.1, 0.15) is 32.6 Å². The monoisotopic (exact) mass is 228 g/mol. The molecule has 2 fully saturated rings. The van der Waals surface area contributed by atoms with Gasteiger partial charge in [-0.2, -0.15) is 11.8 Å². The fourth-order valence-corrected chi connectivity index (χ4v) is 3.81. The fraction of sp³-hybridized carbons (Fsp3) is 1.00. The fourth-order valence-electron chi connectivity index (χ4n) is 2.71. The van der Waals surface area contributed by atoms with Crippen LogP contribution in [0.5, 0.6) is 0 Å². The lowest BCUT2D eigenvalue weighted by Gasteiger charge is -2.34. The molecule has 2 aliphatic rings. The lowest BCUT2D eigenvalue weighted by Crippen LogP contribution is -2.49. The Hall–Kier alpha value is 0.270. The number of thioether (sulfide) groups is 1. The summed E-state index contributed by atoms with van der Waals surface area (Å²) >= 11 is 2.11. The van der Waals surface area contributed by atoms with Crippen molar-refractivity contribution >= 4 is 11.8 Å². The van der Waals surface area contributed by atoms with Crippen LogP contribution in [0, 0.1) is 5.92 Å². The van der Waals surface area contributed by atoms with Gasteiger partial charge in [-0.3, -0.25) is 0 Å². The summed E-state index contributed by atoms with van der Waals surface area (Å²) in [6.45, 7) is 4.85. The number of hydrogen-bond acceptors (Lipinski definition) is 3. The van der Waals surface area contributed by atoms with Crippen molar-refractivity contribution in [3.63, 3.8) is 0 Å². The molecule has 0 amide bonds. The zero-order valence-corrected chi connectivity index (χ0v) is 10.6. The molecular formula is C12H24N2S. The van der Waals surface area contributed by atoms with Gasteiger partial charge in [0.25, 0.3) is 0 Å². The normalized spacial score (nSPS) is 35.8. The highest BCUT2D eigenvalue weighted by atomic mass is 32.2. The maximum Gasteiger partial charge on any atom is 0.0198 e. The van der Waals surface area contributed by atoms with E-state index in [1.54, 1.807) is 0 Å². The van der Waals surface area contributed by atoms with Crippen molar-refractivity contribution in [2.24, 2.45) is 5.92 Å². The summed E-state index contributed by atoms with van der Waals surface area (Å²) in [5, 5.41) is 7.41. The smallest absolute Gasteiger partial charge is 0.0198 e. The van der Waals surface area contributed by atoms with Gasteiger partial charge in [0.1, 0.15) is 0 Å². The molecule has 3 unspecified atom stereocenters. The SMILES string of the molecule is CC(C1CCCCCN1)C1CSCCN1. The van der Waals surface area contributed by atoms with Crippen molar-refractivity contribution in [3.05, 3.63) is 0 Å². The zero-order valence-electron chi connectivity index (χ0n) is 9.80. The Morgan fingerprint density at radius 3 is 2.73 bits per heavy atom. The molecule has 0 radical (unpaired) electrons. The van der Waals surface area contributed by atoms with Crippen LogP contribution in [0.25, 0.3) is 0 Å². The van der Waals surface area contributed by atoms with E-state index in [0.29, 0.717) is 0 Å². The third-order valence-corrected chi connectivity index (χ3v) is 4.91. The molecule has 2 aliphatic heterocycles. The van der Waals surface area contributed by atoms with Crippen molar-refractivity contribution in [2.45, 2.75) is 44.7 Å². The molecule has 0 spiro atoms. The van der Waals surface area contributed by atoms with Gasteiger partial charge < -0.3 is 10.6 Å². The molecule has 2 heterocycles. The predicted octanol–water partition coefficient (Wildman–Crippen LogP) is 1.86. The van der Waals surface area contributed by atoms with E-state index in [4.69, 9.17) is 0 Å². The Morgan fingerprint density at radius 1 is 1.07 bits per heavy atom. The second kappa shape index (κ2) is 6.12. The molecule has 2 N–H and O–H groups in total. The summed E-state index contributed by atoms with van der Waals surface area (Å²) in [7, 11) is 0. The molecule has 2 rings (SSSR count). The first-order chi connectivity index (χ1) is 7.38. The van der Waals surface area contributed by atoms with E-state index in [-0.39, 0.29) is 0 Å². The van der Waals surface area contributed by atoms with E-state index in [9.17, 15) is 0 Å². The summed E-state index contributed by atoms with van der Waals surface area (Å²) in [5.41, 5.74) is 0. The van der Waals surface area contributed by atoms with Gasteiger partial charge in [-0.15, -0.1) is 0 Å². The molecule has 0 bridgehead atoms. The second-order valence-electron chi connectivity index (χ2n) is 4.90. The standard InChI is InChI=1S/C12H24N2S/c1-10(12-9-15-8-7-14-12)11-5-3-2-4-6-13-11/h10-14H,2-9H2,1H3. The van der Waals surface area contributed by atoms with Gasteiger partial charge in [0.15, 0.2) is 0 Å². The topological polar surface area (TPSA) is 24.1 Å². The Morgan fingerprint density at radius 2 is 1.93 bits per heavy atom. The molecule has 0 aromatic rings. The molecule has 0 aliphatic carbocycles. The van der Waals surface area contributed by atoms with E-state index < -0.39 is 0 Å². The molecule has 3 atom stereocenters. The lowest BCUT2D eigenvalue weighted by molar-refractivity contribution is 0.299. The summed E-state index contributed by atoms with van der Waals surface area (Å²) in [6, 6.07) is 1.49. The van der Waals surface area contributed by atoms with E-state index in [0.717, 1.165) is 18.0 Å². The van der Waals surface area contributed by atoms with Gasteiger partial charge in [-0.25, -0.2) is 0 Å². The van der Waals surface area contributed by atoms with E-state index >= 15 is 0 Å². The molecule has 0 aromatic carbocycles. The molecule has 15 heavy (non-hydrogen) atoms. The number of hydrogen-bond donors (Lipinski definition) is 2. The second-order valence-corrected chi connectivity index (χ2v) is 6.05. The number of rotatable bonds is 2. The van der Waals surface area contributed by atoms with Gasteiger partial charge in [0.05, 0.1) is 0 Å². The van der Waals surface area contributed by atoms with Crippen molar-refractivity contribution in [1.82, 2.24) is 10.6 Å². The Kier molecular flexibility index (Phi) is 4.79. The van der Waals surface area contributed by atoms with Crippen LogP contribution in [-0.4, -0.2) is 36.7 Å². The summed E-state index contributed by atoms with van der Waals surface area (Å²) in [6.07, 6.45) is 5.59. The minimum absolute atomic E-state index is 0.736. The lowest BCUT2D eigenvalue weighted by atomic mass is 9.91. The zero-order chi connectivity index (χ0) is 10.5. The Bertz CT molecular complexity index is 172. The molecule has 0 aromatic heterocycles. The molecule has 2 saturated heterocycles. The van der Waals surface area contributed by atoms with Gasteiger partial charge >= 0.3 is 0 Å². The van der Waals surface area contributed by atoms with Gasteiger partial charge in [0.2, 0.25) is 0 Å². The molecule has 2 nitrogen and oxygen atoms in total. The van der Waals surface area contributed by atoms with Crippen LogP contribution >= 0.6 is 11.8 Å². The van der Waals surface area contributed by atoms with Crippen molar-refractivity contribution < 1.29 is 0 Å². The maximum atomic E-state index is 3.73. The highest BCUT2D eigenvalue weighted by Crippen LogP contribution is 2.22. The summed E-state index contributed by atoms with van der Waals surface area (Å²) in [5.74, 6) is 3.39. The van der Waals surface area contributed by atoms with Crippen LogP contribution in [0.2, 0.25) is 0 Å². The summed E-state index contributed by atoms with van der Waals surface area (Å²) in [4.78, 5) is 0. The third-order valence-electron chi connectivity index (χ3n) is 3.82. The van der Waals surface area contributed by atoms with Crippen LogP contribution < -0.4 is 10.6 Å². The number of nitrogens with one attached hydrogen (secondary N) is 2. The van der Waals surface area contributed by atoms with Gasteiger partial charge in [-0.1, -0.05) is 19.8 Å². The summed E-state index contributed by atoms with van der Waals surface area (Å²) < 4.78 is 0. The molecule has 88 valence electrons. The van der Waals surface area contributed by atoms with Crippen molar-refractivity contribution in [1.29, 1.82) is 0 Å². The highest BCUT2D eigenvalue weighted by Gasteiger charge is 2.27. The minimum atomic E-state index is 0.736. The van der Waals surface area contributed by atoms with Crippen LogP contribution in [0.3, 0.4) is 0 Å². The first kappa shape index (κ1) is 11.7. The Labute approximate surface area is 98.0 Å². The maximum absolute atomic E-state index is 3.73. The average molecular weight is 228 g/mol. The van der Waals surface area contributed by atoms with E-state index in [1.165, 1.54) is 50.3 Å². The molecule has 0 saturated carbocycles. The van der Waals surface area contributed by atoms with Gasteiger partial charge in [-0.05, 0) is 25.3 Å². The largest absolute Gasteiger partial charge is 0.314 e. The minimum Gasteiger partial charge on any atom is -0.314 e. The van der Waals surface area contributed by atoms with Crippen LogP contribution in [0.15, 0.2) is 0 Å². The third kappa shape index (κ3) is 3.36. The first-order valence-corrected chi connectivity index (χ1v) is 7.58. The van der Waals surface area contributed by atoms with Crippen molar-refractivity contribution in [3.8, 4) is 0 Å². The predicted molar refractivity (Wildman–Crippen MR) is 68.5 cm³/mol.